The number of rotatable bonds is 2. The van der Waals surface area contributed by atoms with Gasteiger partial charge in [0.1, 0.15) is 0 Å². The number of hydrogen-bond acceptors (Lipinski definition) is 1. The van der Waals surface area contributed by atoms with Gasteiger partial charge in [0.2, 0.25) is 0 Å². The third kappa shape index (κ3) is 3.16. The van der Waals surface area contributed by atoms with Crippen LogP contribution in [0.15, 0.2) is 30.3 Å². The highest BCUT2D eigenvalue weighted by Crippen LogP contribution is 2.39. The van der Waals surface area contributed by atoms with Crippen molar-refractivity contribution in [3.8, 4) is 17.2 Å². The molecule has 0 aliphatic rings. The Balaban J connectivity index is 2.71. The molecule has 0 saturated carbocycles. The first-order chi connectivity index (χ1) is 9.02. The van der Waals surface area contributed by atoms with E-state index < -0.39 is 0 Å². The van der Waals surface area contributed by atoms with Crippen molar-refractivity contribution in [3.05, 3.63) is 56.0 Å². The van der Waals surface area contributed by atoms with E-state index in [1.165, 1.54) is 0 Å². The second kappa shape index (κ2) is 6.03. The zero-order valence-electron chi connectivity index (χ0n) is 9.55. The third-order valence-corrected chi connectivity index (χ3v) is 3.67. The molecule has 1 nitrogen and oxygen atoms in total. The third-order valence-electron chi connectivity index (χ3n) is 2.62. The minimum atomic E-state index is 0.252. The van der Waals surface area contributed by atoms with Gasteiger partial charge in [-0.3, -0.25) is 0 Å². The summed E-state index contributed by atoms with van der Waals surface area (Å²) in [7, 11) is 0. The van der Waals surface area contributed by atoms with Crippen LogP contribution in [0.1, 0.15) is 5.56 Å². The largest absolute Gasteiger partial charge is 0.198 e. The van der Waals surface area contributed by atoms with Crippen LogP contribution in [0.4, 0.5) is 0 Å². The molecule has 0 atom stereocenters. The standard InChI is InChI=1S/C14H7Cl4N/c15-9-2-1-8(3-4-19)11(5-9)14-12(17)6-10(16)7-13(14)18/h1-2,5-7H,3H2. The summed E-state index contributed by atoms with van der Waals surface area (Å²) >= 11 is 24.3. The zero-order valence-corrected chi connectivity index (χ0v) is 12.6. The van der Waals surface area contributed by atoms with Gasteiger partial charge in [-0.25, -0.2) is 0 Å². The molecule has 0 radical (unpaired) electrons. The molecule has 5 heteroatoms. The van der Waals surface area contributed by atoms with Gasteiger partial charge in [-0.05, 0) is 35.4 Å². The van der Waals surface area contributed by atoms with Crippen molar-refractivity contribution in [1.29, 1.82) is 5.26 Å². The summed E-state index contributed by atoms with van der Waals surface area (Å²) in [5.74, 6) is 0. The Kier molecular flexibility index (Phi) is 4.60. The number of nitrogens with zero attached hydrogens (tertiary/aromatic N) is 1. The topological polar surface area (TPSA) is 23.8 Å². The fraction of sp³-hybridized carbons (Fsp3) is 0.0714. The van der Waals surface area contributed by atoms with Gasteiger partial charge in [-0.1, -0.05) is 52.5 Å². The SMILES string of the molecule is N#CCc1ccc(Cl)cc1-c1c(Cl)cc(Cl)cc1Cl. The molecule has 0 N–H and O–H groups in total. The smallest absolute Gasteiger partial charge is 0.0669 e. The Hall–Kier alpha value is -0.910. The van der Waals surface area contributed by atoms with E-state index in [0.29, 0.717) is 25.7 Å². The van der Waals surface area contributed by atoms with Crippen LogP contribution in [0, 0.1) is 11.3 Å². The molecular weight excluding hydrogens is 324 g/mol. The molecule has 0 unspecified atom stereocenters. The van der Waals surface area contributed by atoms with Crippen LogP contribution in [-0.4, -0.2) is 0 Å². The predicted molar refractivity (Wildman–Crippen MR) is 81.2 cm³/mol. The number of benzene rings is 2. The molecular formula is C14H7Cl4N. The maximum Gasteiger partial charge on any atom is 0.0669 e. The molecule has 2 aromatic rings. The van der Waals surface area contributed by atoms with Crippen molar-refractivity contribution < 1.29 is 0 Å². The van der Waals surface area contributed by atoms with Gasteiger partial charge in [0.25, 0.3) is 0 Å². The molecule has 0 amide bonds. The zero-order chi connectivity index (χ0) is 14.0. The van der Waals surface area contributed by atoms with Crippen LogP contribution < -0.4 is 0 Å². The van der Waals surface area contributed by atoms with E-state index in [2.05, 4.69) is 6.07 Å². The minimum Gasteiger partial charge on any atom is -0.198 e. The van der Waals surface area contributed by atoms with Crippen molar-refractivity contribution in [2.45, 2.75) is 6.42 Å². The molecule has 0 saturated heterocycles. The normalized spacial score (nSPS) is 10.3. The van der Waals surface area contributed by atoms with Crippen molar-refractivity contribution in [3.63, 3.8) is 0 Å². The molecule has 0 aromatic heterocycles. The summed E-state index contributed by atoms with van der Waals surface area (Å²) in [6.07, 6.45) is 0.252. The lowest BCUT2D eigenvalue weighted by Gasteiger charge is -2.12. The van der Waals surface area contributed by atoms with Crippen molar-refractivity contribution in [2.24, 2.45) is 0 Å². The van der Waals surface area contributed by atoms with E-state index in [1.807, 2.05) is 0 Å². The number of halogens is 4. The summed E-state index contributed by atoms with van der Waals surface area (Å²) in [5.41, 5.74) is 2.21. The number of nitriles is 1. The molecule has 0 aliphatic carbocycles. The van der Waals surface area contributed by atoms with Crippen LogP contribution in [0.2, 0.25) is 20.1 Å². The quantitative estimate of drug-likeness (QED) is 0.659. The Morgan fingerprint density at radius 2 is 1.53 bits per heavy atom. The lowest BCUT2D eigenvalue weighted by atomic mass is 9.98. The van der Waals surface area contributed by atoms with Crippen molar-refractivity contribution >= 4 is 46.4 Å². The Bertz CT molecular complexity index is 651. The fourth-order valence-corrected chi connectivity index (χ4v) is 3.01. The molecule has 0 heterocycles. The molecule has 19 heavy (non-hydrogen) atoms. The average Bonchev–Trinajstić information content (AvgIpc) is 2.31. The molecule has 96 valence electrons. The molecule has 2 aromatic carbocycles. The minimum absolute atomic E-state index is 0.252. The summed E-state index contributed by atoms with van der Waals surface area (Å²) in [4.78, 5) is 0. The second-order valence-electron chi connectivity index (χ2n) is 3.88. The first kappa shape index (κ1) is 14.5. The predicted octanol–water partition coefficient (Wildman–Crippen LogP) is 6.03. The van der Waals surface area contributed by atoms with Gasteiger partial charge in [-0.2, -0.15) is 5.26 Å². The highest BCUT2D eigenvalue weighted by molar-refractivity contribution is 6.42. The van der Waals surface area contributed by atoms with E-state index in [4.69, 9.17) is 51.7 Å². The van der Waals surface area contributed by atoms with Crippen LogP contribution in [0.5, 0.6) is 0 Å². The first-order valence-corrected chi connectivity index (χ1v) is 6.84. The molecule has 0 bridgehead atoms. The van der Waals surface area contributed by atoms with E-state index in [-0.39, 0.29) is 6.42 Å². The van der Waals surface area contributed by atoms with E-state index in [0.717, 1.165) is 11.1 Å². The van der Waals surface area contributed by atoms with Gasteiger partial charge in [-0.15, -0.1) is 0 Å². The fourth-order valence-electron chi connectivity index (χ4n) is 1.82. The van der Waals surface area contributed by atoms with Gasteiger partial charge < -0.3 is 0 Å². The van der Waals surface area contributed by atoms with Gasteiger partial charge in [0.15, 0.2) is 0 Å². The highest BCUT2D eigenvalue weighted by Gasteiger charge is 2.14. The van der Waals surface area contributed by atoms with Crippen molar-refractivity contribution in [1.82, 2.24) is 0 Å². The van der Waals surface area contributed by atoms with E-state index >= 15 is 0 Å². The molecule has 0 spiro atoms. The lowest BCUT2D eigenvalue weighted by molar-refractivity contribution is 1.26. The summed E-state index contributed by atoms with van der Waals surface area (Å²) in [6, 6.07) is 10.6. The maximum atomic E-state index is 8.87. The average molecular weight is 331 g/mol. The molecule has 0 aliphatic heterocycles. The summed E-state index contributed by atoms with van der Waals surface area (Å²) < 4.78 is 0. The Morgan fingerprint density at radius 1 is 0.895 bits per heavy atom. The van der Waals surface area contributed by atoms with Gasteiger partial charge >= 0.3 is 0 Å². The first-order valence-electron chi connectivity index (χ1n) is 5.33. The Labute approximate surface area is 131 Å². The maximum absolute atomic E-state index is 8.87. The molecule has 0 fully saturated rings. The Morgan fingerprint density at radius 3 is 2.11 bits per heavy atom. The van der Waals surface area contributed by atoms with Crippen LogP contribution in [0.25, 0.3) is 11.1 Å². The van der Waals surface area contributed by atoms with Crippen LogP contribution >= 0.6 is 46.4 Å². The van der Waals surface area contributed by atoms with Crippen LogP contribution in [-0.2, 0) is 6.42 Å². The van der Waals surface area contributed by atoms with Gasteiger partial charge in [0.05, 0.1) is 22.5 Å². The molecule has 2 rings (SSSR count). The van der Waals surface area contributed by atoms with Crippen LogP contribution in [0.3, 0.4) is 0 Å². The summed E-state index contributed by atoms with van der Waals surface area (Å²) in [5, 5.41) is 10.7. The van der Waals surface area contributed by atoms with E-state index in [1.54, 1.807) is 30.3 Å². The second-order valence-corrected chi connectivity index (χ2v) is 5.57. The number of hydrogen-bond donors (Lipinski definition) is 0. The lowest BCUT2D eigenvalue weighted by Crippen LogP contribution is -1.91. The monoisotopic (exact) mass is 329 g/mol. The van der Waals surface area contributed by atoms with Crippen molar-refractivity contribution in [2.75, 3.05) is 0 Å². The van der Waals surface area contributed by atoms with E-state index in [9.17, 15) is 0 Å². The van der Waals surface area contributed by atoms with Gasteiger partial charge in [0, 0.05) is 15.6 Å². The summed E-state index contributed by atoms with van der Waals surface area (Å²) in [6.45, 7) is 0. The highest BCUT2D eigenvalue weighted by atomic mass is 35.5.